The molecular formula is C16H24N2O2. The van der Waals surface area contributed by atoms with Gasteiger partial charge in [0.1, 0.15) is 0 Å². The fraction of sp³-hybridized carbons (Fsp3) is 0.562. The number of rotatable bonds is 3. The molecule has 110 valence electrons. The first-order chi connectivity index (χ1) is 9.54. The molecule has 0 radical (unpaired) electrons. The summed E-state index contributed by atoms with van der Waals surface area (Å²) >= 11 is 0. The van der Waals surface area contributed by atoms with E-state index in [2.05, 4.69) is 13.8 Å². The van der Waals surface area contributed by atoms with E-state index in [0.29, 0.717) is 29.5 Å². The van der Waals surface area contributed by atoms with E-state index in [0.717, 1.165) is 13.0 Å². The van der Waals surface area contributed by atoms with Gasteiger partial charge in [0.2, 0.25) is 0 Å². The zero-order valence-electron chi connectivity index (χ0n) is 12.6. The smallest absolute Gasteiger partial charge is 0.257 e. The molecule has 1 aromatic carbocycles. The van der Waals surface area contributed by atoms with Crippen molar-refractivity contribution in [3.05, 3.63) is 23.8 Å². The summed E-state index contributed by atoms with van der Waals surface area (Å²) in [6.07, 6.45) is 2.24. The van der Waals surface area contributed by atoms with Crippen molar-refractivity contribution in [2.45, 2.75) is 39.7 Å². The molecule has 1 heterocycles. The fourth-order valence-electron chi connectivity index (χ4n) is 2.76. The van der Waals surface area contributed by atoms with Crippen LogP contribution in [-0.2, 0) is 0 Å². The van der Waals surface area contributed by atoms with E-state index in [1.807, 2.05) is 17.9 Å². The first-order valence-electron chi connectivity index (χ1n) is 7.36. The molecule has 2 rings (SSSR count). The number of amides is 1. The van der Waals surface area contributed by atoms with E-state index < -0.39 is 0 Å². The van der Waals surface area contributed by atoms with Crippen LogP contribution in [0.3, 0.4) is 0 Å². The van der Waals surface area contributed by atoms with Gasteiger partial charge < -0.3 is 15.4 Å². The number of nitrogen functional groups attached to an aromatic ring is 1. The highest BCUT2D eigenvalue weighted by molar-refractivity contribution is 5.98. The van der Waals surface area contributed by atoms with Gasteiger partial charge >= 0.3 is 0 Å². The summed E-state index contributed by atoms with van der Waals surface area (Å²) < 4.78 is 5.57. The van der Waals surface area contributed by atoms with Crippen LogP contribution in [0.15, 0.2) is 18.2 Å². The van der Waals surface area contributed by atoms with E-state index in [-0.39, 0.29) is 11.9 Å². The van der Waals surface area contributed by atoms with Crippen LogP contribution in [0.4, 0.5) is 5.69 Å². The molecule has 0 aliphatic carbocycles. The second-order valence-corrected chi connectivity index (χ2v) is 5.65. The minimum atomic E-state index is 0.0276. The number of piperidine rings is 1. The number of carbonyl (C=O) groups is 1. The summed E-state index contributed by atoms with van der Waals surface area (Å²) in [5, 5.41) is 0. The van der Waals surface area contributed by atoms with E-state index >= 15 is 0 Å². The molecule has 1 amide bonds. The van der Waals surface area contributed by atoms with Crippen molar-refractivity contribution in [1.29, 1.82) is 0 Å². The van der Waals surface area contributed by atoms with Crippen LogP contribution in [0.5, 0.6) is 5.75 Å². The zero-order chi connectivity index (χ0) is 14.7. The SMILES string of the molecule is CCOc1c(N)cccc1C(=O)N1CC(C)CCC1C. The Morgan fingerprint density at radius 2 is 2.15 bits per heavy atom. The van der Waals surface area contributed by atoms with Crippen molar-refractivity contribution in [2.24, 2.45) is 5.92 Å². The average Bonchev–Trinajstić information content (AvgIpc) is 2.43. The topological polar surface area (TPSA) is 55.6 Å². The van der Waals surface area contributed by atoms with Crippen LogP contribution < -0.4 is 10.5 Å². The quantitative estimate of drug-likeness (QED) is 0.864. The number of nitrogens with zero attached hydrogens (tertiary/aromatic N) is 1. The molecule has 1 aliphatic rings. The van der Waals surface area contributed by atoms with Crippen LogP contribution >= 0.6 is 0 Å². The molecule has 20 heavy (non-hydrogen) atoms. The first kappa shape index (κ1) is 14.7. The van der Waals surface area contributed by atoms with Gasteiger partial charge in [-0.3, -0.25) is 4.79 Å². The van der Waals surface area contributed by atoms with Crippen LogP contribution in [0.2, 0.25) is 0 Å². The van der Waals surface area contributed by atoms with Crippen molar-refractivity contribution >= 4 is 11.6 Å². The number of likely N-dealkylation sites (tertiary alicyclic amines) is 1. The molecule has 0 bridgehead atoms. The molecule has 4 nitrogen and oxygen atoms in total. The fourth-order valence-corrected chi connectivity index (χ4v) is 2.76. The predicted molar refractivity (Wildman–Crippen MR) is 80.9 cm³/mol. The summed E-state index contributed by atoms with van der Waals surface area (Å²) in [6.45, 7) is 7.50. The van der Waals surface area contributed by atoms with Crippen LogP contribution in [0.25, 0.3) is 0 Å². The van der Waals surface area contributed by atoms with Crippen LogP contribution in [0, 0.1) is 5.92 Å². The number of anilines is 1. The van der Waals surface area contributed by atoms with Crippen molar-refractivity contribution < 1.29 is 9.53 Å². The monoisotopic (exact) mass is 276 g/mol. The molecule has 1 fully saturated rings. The Hall–Kier alpha value is -1.71. The molecule has 0 aromatic heterocycles. The lowest BCUT2D eigenvalue weighted by molar-refractivity contribution is 0.0570. The highest BCUT2D eigenvalue weighted by atomic mass is 16.5. The molecule has 0 saturated carbocycles. The third kappa shape index (κ3) is 2.89. The number of ether oxygens (including phenoxy) is 1. The lowest BCUT2D eigenvalue weighted by Crippen LogP contribution is -2.45. The third-order valence-corrected chi connectivity index (χ3v) is 3.94. The number of hydrogen-bond donors (Lipinski definition) is 1. The molecule has 1 saturated heterocycles. The summed E-state index contributed by atoms with van der Waals surface area (Å²) in [5.41, 5.74) is 7.04. The molecule has 0 spiro atoms. The summed E-state index contributed by atoms with van der Waals surface area (Å²) in [4.78, 5) is 14.7. The van der Waals surface area contributed by atoms with Crippen molar-refractivity contribution in [3.8, 4) is 5.75 Å². The average molecular weight is 276 g/mol. The van der Waals surface area contributed by atoms with Crippen LogP contribution in [0.1, 0.15) is 44.0 Å². The molecule has 2 N–H and O–H groups in total. The number of carbonyl (C=O) groups excluding carboxylic acids is 1. The lowest BCUT2D eigenvalue weighted by atomic mass is 9.94. The molecule has 4 heteroatoms. The summed E-state index contributed by atoms with van der Waals surface area (Å²) in [5.74, 6) is 1.09. The van der Waals surface area contributed by atoms with Crippen molar-refractivity contribution in [3.63, 3.8) is 0 Å². The van der Waals surface area contributed by atoms with Crippen molar-refractivity contribution in [2.75, 3.05) is 18.9 Å². The highest BCUT2D eigenvalue weighted by Crippen LogP contribution is 2.30. The minimum absolute atomic E-state index is 0.0276. The summed E-state index contributed by atoms with van der Waals surface area (Å²) in [6, 6.07) is 5.65. The number of para-hydroxylation sites is 1. The molecule has 2 atom stereocenters. The van der Waals surface area contributed by atoms with Gasteiger partial charge in [-0.2, -0.15) is 0 Å². The van der Waals surface area contributed by atoms with E-state index in [4.69, 9.17) is 10.5 Å². The maximum atomic E-state index is 12.8. The van der Waals surface area contributed by atoms with Crippen molar-refractivity contribution in [1.82, 2.24) is 4.90 Å². The van der Waals surface area contributed by atoms with Gasteiger partial charge in [0.05, 0.1) is 17.9 Å². The van der Waals surface area contributed by atoms with E-state index in [1.165, 1.54) is 6.42 Å². The summed E-state index contributed by atoms with van der Waals surface area (Å²) in [7, 11) is 0. The molecule has 2 unspecified atom stereocenters. The highest BCUT2D eigenvalue weighted by Gasteiger charge is 2.29. The normalized spacial score (nSPS) is 22.6. The minimum Gasteiger partial charge on any atom is -0.491 e. The Labute approximate surface area is 120 Å². The number of nitrogens with two attached hydrogens (primary N) is 1. The van der Waals surface area contributed by atoms with Gasteiger partial charge in [-0.25, -0.2) is 0 Å². The van der Waals surface area contributed by atoms with Gasteiger partial charge in [-0.1, -0.05) is 13.0 Å². The molecule has 1 aliphatic heterocycles. The Morgan fingerprint density at radius 3 is 2.85 bits per heavy atom. The lowest BCUT2D eigenvalue weighted by Gasteiger charge is -2.37. The van der Waals surface area contributed by atoms with E-state index in [1.54, 1.807) is 12.1 Å². The number of hydrogen-bond acceptors (Lipinski definition) is 3. The van der Waals surface area contributed by atoms with Gasteiger partial charge in [0.15, 0.2) is 5.75 Å². The predicted octanol–water partition coefficient (Wildman–Crippen LogP) is 2.93. The first-order valence-corrected chi connectivity index (χ1v) is 7.36. The van der Waals surface area contributed by atoms with Gasteiger partial charge in [0, 0.05) is 12.6 Å². The van der Waals surface area contributed by atoms with Gasteiger partial charge in [0.25, 0.3) is 5.91 Å². The van der Waals surface area contributed by atoms with Gasteiger partial charge in [-0.05, 0) is 44.7 Å². The van der Waals surface area contributed by atoms with Crippen LogP contribution in [-0.4, -0.2) is 30.0 Å². The molecular weight excluding hydrogens is 252 g/mol. The largest absolute Gasteiger partial charge is 0.491 e. The van der Waals surface area contributed by atoms with E-state index in [9.17, 15) is 4.79 Å². The molecule has 1 aromatic rings. The zero-order valence-corrected chi connectivity index (χ0v) is 12.6. The maximum Gasteiger partial charge on any atom is 0.257 e. The second-order valence-electron chi connectivity index (χ2n) is 5.65. The Kier molecular flexibility index (Phi) is 4.53. The second kappa shape index (κ2) is 6.16. The Balaban J connectivity index is 2.30. The maximum absolute atomic E-state index is 12.8. The number of benzene rings is 1. The standard InChI is InChI=1S/C16H24N2O2/c1-4-20-15-13(6-5-7-14(15)17)16(19)18-10-11(2)8-9-12(18)3/h5-7,11-12H,4,8-10,17H2,1-3H3. The third-order valence-electron chi connectivity index (χ3n) is 3.94. The Bertz CT molecular complexity index is 487. The Morgan fingerprint density at radius 1 is 1.40 bits per heavy atom. The van der Waals surface area contributed by atoms with Gasteiger partial charge in [-0.15, -0.1) is 0 Å².